The van der Waals surface area contributed by atoms with Crippen molar-refractivity contribution in [3.63, 3.8) is 0 Å². The van der Waals surface area contributed by atoms with Crippen LogP contribution in [0.2, 0.25) is 0 Å². The second-order valence-electron chi connectivity index (χ2n) is 7.39. The van der Waals surface area contributed by atoms with Gasteiger partial charge in [0.15, 0.2) is 5.82 Å². The number of fused-ring (bicyclic) bond motifs is 1. The molecule has 0 bridgehead atoms. The van der Waals surface area contributed by atoms with E-state index in [0.717, 1.165) is 37.2 Å². The molecule has 4 rings (SSSR count). The van der Waals surface area contributed by atoms with Crippen LogP contribution < -0.4 is 5.32 Å². The van der Waals surface area contributed by atoms with Crippen molar-refractivity contribution in [3.05, 3.63) is 35.7 Å². The Morgan fingerprint density at radius 3 is 2.71 bits per heavy atom. The molecule has 0 radical (unpaired) electrons. The molecule has 1 aliphatic rings. The number of amides is 1. The molecule has 1 saturated carbocycles. The van der Waals surface area contributed by atoms with E-state index in [1.165, 1.54) is 6.07 Å². The van der Waals surface area contributed by atoms with Crippen molar-refractivity contribution in [2.45, 2.75) is 44.8 Å². The number of imidazole rings is 1. The fraction of sp³-hybridized carbons (Fsp3) is 0.450. The van der Waals surface area contributed by atoms with Gasteiger partial charge < -0.3 is 14.6 Å². The molecule has 1 amide bonds. The van der Waals surface area contributed by atoms with E-state index in [2.05, 4.69) is 20.5 Å². The fourth-order valence-corrected chi connectivity index (χ4v) is 3.87. The number of methoxy groups -OCH3 is 1. The van der Waals surface area contributed by atoms with Crippen LogP contribution in [0.5, 0.6) is 0 Å². The lowest BCUT2D eigenvalue weighted by molar-refractivity contribution is 0.0598. The number of aromatic nitrogens is 4. The first-order chi connectivity index (χ1) is 13.5. The van der Waals surface area contributed by atoms with Crippen molar-refractivity contribution < 1.29 is 13.9 Å². The summed E-state index contributed by atoms with van der Waals surface area (Å²) >= 11 is 0. The number of aromatic amines is 1. The molecule has 0 saturated heterocycles. The number of ether oxygens (including phenoxy) is 1. The lowest BCUT2D eigenvalue weighted by Gasteiger charge is -2.28. The molecular formula is C20H24FN5O2. The third kappa shape index (κ3) is 3.28. The Hall–Kier alpha value is -2.74. The molecule has 0 spiro atoms. The number of rotatable bonds is 4. The van der Waals surface area contributed by atoms with Gasteiger partial charge in [0.25, 0.3) is 5.91 Å². The van der Waals surface area contributed by atoms with E-state index in [-0.39, 0.29) is 29.3 Å². The van der Waals surface area contributed by atoms with Crippen molar-refractivity contribution in [3.8, 4) is 11.3 Å². The van der Waals surface area contributed by atoms with Crippen LogP contribution in [0.3, 0.4) is 0 Å². The monoisotopic (exact) mass is 385 g/mol. The largest absolute Gasteiger partial charge is 0.381 e. The van der Waals surface area contributed by atoms with Gasteiger partial charge in [-0.3, -0.25) is 9.89 Å². The molecule has 1 aromatic carbocycles. The second-order valence-corrected chi connectivity index (χ2v) is 7.39. The van der Waals surface area contributed by atoms with E-state index in [0.29, 0.717) is 10.9 Å². The van der Waals surface area contributed by atoms with Crippen molar-refractivity contribution in [1.82, 2.24) is 25.1 Å². The van der Waals surface area contributed by atoms with Crippen molar-refractivity contribution in [2.24, 2.45) is 7.05 Å². The van der Waals surface area contributed by atoms with Crippen LogP contribution in [0.4, 0.5) is 4.39 Å². The Morgan fingerprint density at radius 1 is 1.32 bits per heavy atom. The number of nitrogens with zero attached hydrogens (tertiary/aromatic N) is 3. The molecule has 7 nitrogen and oxygen atoms in total. The number of hydrogen-bond donors (Lipinski definition) is 2. The minimum atomic E-state index is -0.470. The molecule has 2 N–H and O–H groups in total. The Labute approximate surface area is 162 Å². The average molecular weight is 385 g/mol. The van der Waals surface area contributed by atoms with Crippen LogP contribution in [0.15, 0.2) is 18.3 Å². The third-order valence-corrected chi connectivity index (χ3v) is 5.70. The standard InChI is InChI=1S/C20H24FN5O2/c1-11-22-10-17(26(11)2)12-8-15-18(16(21)9-12)24-25-19(15)20(27)23-13-4-6-14(28-3)7-5-13/h8-10,13-14H,4-7H2,1-3H3,(H,23,27)(H,24,25). The van der Waals surface area contributed by atoms with Crippen molar-refractivity contribution >= 4 is 16.8 Å². The predicted molar refractivity (Wildman–Crippen MR) is 104 cm³/mol. The number of nitrogens with one attached hydrogen (secondary N) is 2. The van der Waals surface area contributed by atoms with E-state index in [1.54, 1.807) is 19.4 Å². The summed E-state index contributed by atoms with van der Waals surface area (Å²) in [5.41, 5.74) is 1.88. The van der Waals surface area contributed by atoms with E-state index < -0.39 is 5.82 Å². The summed E-state index contributed by atoms with van der Waals surface area (Å²) in [5, 5.41) is 10.2. The smallest absolute Gasteiger partial charge is 0.270 e. The van der Waals surface area contributed by atoms with Gasteiger partial charge in [-0.25, -0.2) is 9.37 Å². The zero-order valence-corrected chi connectivity index (χ0v) is 16.3. The van der Waals surface area contributed by atoms with Gasteiger partial charge in [0.2, 0.25) is 0 Å². The van der Waals surface area contributed by atoms with Crippen LogP contribution in [-0.4, -0.2) is 44.9 Å². The molecule has 8 heteroatoms. The normalized spacial score (nSPS) is 19.9. The highest BCUT2D eigenvalue weighted by molar-refractivity contribution is 6.05. The molecule has 148 valence electrons. The fourth-order valence-electron chi connectivity index (χ4n) is 3.87. The number of hydrogen-bond acceptors (Lipinski definition) is 4. The van der Waals surface area contributed by atoms with Gasteiger partial charge in [-0.2, -0.15) is 5.10 Å². The first-order valence-corrected chi connectivity index (χ1v) is 9.48. The van der Waals surface area contributed by atoms with Gasteiger partial charge in [0.05, 0.1) is 18.0 Å². The molecule has 28 heavy (non-hydrogen) atoms. The maximum absolute atomic E-state index is 14.6. The minimum Gasteiger partial charge on any atom is -0.381 e. The van der Waals surface area contributed by atoms with Gasteiger partial charge in [0.1, 0.15) is 17.0 Å². The number of carbonyl (C=O) groups excluding carboxylic acids is 1. The van der Waals surface area contributed by atoms with Crippen LogP contribution in [0, 0.1) is 12.7 Å². The van der Waals surface area contributed by atoms with Crippen LogP contribution in [0.1, 0.15) is 42.0 Å². The van der Waals surface area contributed by atoms with E-state index in [4.69, 9.17) is 4.74 Å². The lowest BCUT2D eigenvalue weighted by atomic mass is 9.93. The Balaban J connectivity index is 1.63. The first kappa shape index (κ1) is 18.6. The van der Waals surface area contributed by atoms with E-state index in [9.17, 15) is 9.18 Å². The summed E-state index contributed by atoms with van der Waals surface area (Å²) < 4.78 is 21.9. The average Bonchev–Trinajstić information content (AvgIpc) is 3.26. The highest BCUT2D eigenvalue weighted by Gasteiger charge is 2.25. The molecule has 2 heterocycles. The maximum atomic E-state index is 14.6. The molecular weight excluding hydrogens is 361 g/mol. The van der Waals surface area contributed by atoms with Crippen LogP contribution in [0.25, 0.3) is 22.2 Å². The zero-order chi connectivity index (χ0) is 19.8. The minimum absolute atomic E-state index is 0.0880. The maximum Gasteiger partial charge on any atom is 0.270 e. The number of carbonyl (C=O) groups is 1. The third-order valence-electron chi connectivity index (χ3n) is 5.70. The van der Waals surface area contributed by atoms with Crippen LogP contribution in [-0.2, 0) is 11.8 Å². The van der Waals surface area contributed by atoms with Gasteiger partial charge in [-0.15, -0.1) is 0 Å². The van der Waals surface area contributed by atoms with Crippen LogP contribution >= 0.6 is 0 Å². The molecule has 1 fully saturated rings. The second kappa shape index (κ2) is 7.35. The number of aryl methyl sites for hydroxylation is 1. The van der Waals surface area contributed by atoms with E-state index in [1.807, 2.05) is 18.5 Å². The number of benzene rings is 1. The Bertz CT molecular complexity index is 1020. The predicted octanol–water partition coefficient (Wildman–Crippen LogP) is 3.10. The molecule has 0 unspecified atom stereocenters. The molecule has 2 aromatic heterocycles. The van der Waals surface area contributed by atoms with Crippen molar-refractivity contribution in [1.29, 1.82) is 0 Å². The molecule has 0 atom stereocenters. The SMILES string of the molecule is COC1CCC(NC(=O)c2[nH]nc3c(F)cc(-c4cnc(C)n4C)cc23)CC1. The number of H-pyrrole nitrogens is 1. The summed E-state index contributed by atoms with van der Waals surface area (Å²) in [5.74, 6) is 0.0932. The highest BCUT2D eigenvalue weighted by Crippen LogP contribution is 2.28. The topological polar surface area (TPSA) is 84.8 Å². The summed E-state index contributed by atoms with van der Waals surface area (Å²) in [6.07, 6.45) is 5.53. The zero-order valence-electron chi connectivity index (χ0n) is 16.3. The summed E-state index contributed by atoms with van der Waals surface area (Å²) in [6, 6.07) is 3.30. The summed E-state index contributed by atoms with van der Waals surface area (Å²) in [4.78, 5) is 17.1. The van der Waals surface area contributed by atoms with Gasteiger partial charge >= 0.3 is 0 Å². The highest BCUT2D eigenvalue weighted by atomic mass is 19.1. The molecule has 1 aliphatic carbocycles. The Morgan fingerprint density at radius 2 is 2.07 bits per heavy atom. The molecule has 3 aromatic rings. The quantitative estimate of drug-likeness (QED) is 0.723. The first-order valence-electron chi connectivity index (χ1n) is 9.48. The van der Waals surface area contributed by atoms with Gasteiger partial charge in [-0.05, 0) is 44.7 Å². The van der Waals surface area contributed by atoms with Crippen molar-refractivity contribution in [2.75, 3.05) is 7.11 Å². The lowest BCUT2D eigenvalue weighted by Crippen LogP contribution is -2.39. The molecule has 0 aliphatic heterocycles. The number of halogens is 1. The van der Waals surface area contributed by atoms with Gasteiger partial charge in [-0.1, -0.05) is 0 Å². The van der Waals surface area contributed by atoms with E-state index >= 15 is 0 Å². The summed E-state index contributed by atoms with van der Waals surface area (Å²) in [6.45, 7) is 1.88. The van der Waals surface area contributed by atoms with Gasteiger partial charge in [0, 0.05) is 31.1 Å². The summed E-state index contributed by atoms with van der Waals surface area (Å²) in [7, 11) is 3.59. The Kier molecular flexibility index (Phi) is 4.89.